The zero-order valence-corrected chi connectivity index (χ0v) is 16.2. The minimum atomic E-state index is -4.75. The van der Waals surface area contributed by atoms with E-state index in [0.29, 0.717) is 17.9 Å². The number of pyridine rings is 1. The van der Waals surface area contributed by atoms with E-state index in [-0.39, 0.29) is 5.69 Å². The quantitative estimate of drug-likeness (QED) is 0.779. The van der Waals surface area contributed by atoms with Crippen molar-refractivity contribution in [1.82, 2.24) is 4.98 Å². The number of aliphatic imine (C=N–C) groups is 1. The Hall–Kier alpha value is -2.68. The van der Waals surface area contributed by atoms with Crippen LogP contribution < -0.4 is 10.5 Å². The number of para-hydroxylation sites is 1. The second kappa shape index (κ2) is 7.29. The third kappa shape index (κ3) is 3.78. The first kappa shape index (κ1) is 21.0. The fraction of sp³-hybridized carbons (Fsp3) is 0.400. The highest BCUT2D eigenvalue weighted by molar-refractivity contribution is 5.90. The van der Waals surface area contributed by atoms with Gasteiger partial charge in [-0.05, 0) is 32.0 Å². The van der Waals surface area contributed by atoms with Crippen LogP contribution in [-0.2, 0) is 16.7 Å². The molecule has 2 N–H and O–H groups in total. The molecule has 0 saturated heterocycles. The summed E-state index contributed by atoms with van der Waals surface area (Å²) >= 11 is 0. The largest absolute Gasteiger partial charge is 0.496 e. The molecule has 1 aromatic heterocycles. The van der Waals surface area contributed by atoms with Gasteiger partial charge in [-0.15, -0.1) is 0 Å². The van der Waals surface area contributed by atoms with Gasteiger partial charge in [0.25, 0.3) is 0 Å². The molecule has 1 aromatic carbocycles. The Balaban J connectivity index is 1.98. The number of halogens is 4. The lowest BCUT2D eigenvalue weighted by molar-refractivity contribution is -0.249. The van der Waals surface area contributed by atoms with Gasteiger partial charge in [-0.3, -0.25) is 9.98 Å². The Bertz CT molecular complexity index is 948. The fourth-order valence-corrected chi connectivity index (χ4v) is 3.11. The van der Waals surface area contributed by atoms with Gasteiger partial charge in [-0.1, -0.05) is 18.2 Å². The molecule has 0 spiro atoms. The normalized spacial score (nSPS) is 24.9. The van der Waals surface area contributed by atoms with Crippen molar-refractivity contribution in [2.24, 2.45) is 10.7 Å². The standard InChI is InChI=1S/C20H21F4N3O2/c1-18(11-29-19(2,17(25)27-18)20(22,23)24)16-14(21)9-8-13(26-16)10-12-6-4-5-7-15(12)28-3/h4-9H,10-11H2,1-3H3,(H2,25,27)/t18-,19+/m0/s1. The van der Waals surface area contributed by atoms with E-state index in [1.165, 1.54) is 26.2 Å². The van der Waals surface area contributed by atoms with Gasteiger partial charge in [0.05, 0.1) is 13.7 Å². The molecule has 29 heavy (non-hydrogen) atoms. The maximum Gasteiger partial charge on any atom is 0.424 e. The van der Waals surface area contributed by atoms with Gasteiger partial charge >= 0.3 is 6.18 Å². The van der Waals surface area contributed by atoms with Crippen LogP contribution in [0.25, 0.3) is 0 Å². The van der Waals surface area contributed by atoms with Crippen molar-refractivity contribution in [3.63, 3.8) is 0 Å². The van der Waals surface area contributed by atoms with Crippen LogP contribution >= 0.6 is 0 Å². The average molecular weight is 411 g/mol. The summed E-state index contributed by atoms with van der Waals surface area (Å²) in [5.74, 6) is -0.822. The van der Waals surface area contributed by atoms with Gasteiger partial charge in [0.15, 0.2) is 0 Å². The molecule has 2 aromatic rings. The summed E-state index contributed by atoms with van der Waals surface area (Å²) in [6, 6.07) is 10.0. The lowest BCUT2D eigenvalue weighted by atomic mass is 9.93. The SMILES string of the molecule is COc1ccccc1Cc1ccc(F)c([C@]2(C)CO[C@@](C)(C(F)(F)F)C(N)=N2)n1. The number of methoxy groups -OCH3 is 1. The molecule has 0 radical (unpaired) electrons. The molecule has 0 aliphatic carbocycles. The van der Waals surface area contributed by atoms with Crippen molar-refractivity contribution in [1.29, 1.82) is 0 Å². The molecule has 2 heterocycles. The second-order valence-electron chi connectivity index (χ2n) is 7.21. The van der Waals surface area contributed by atoms with E-state index >= 15 is 0 Å². The van der Waals surface area contributed by atoms with Crippen LogP contribution in [0.3, 0.4) is 0 Å². The van der Waals surface area contributed by atoms with Crippen LogP contribution in [0, 0.1) is 5.82 Å². The molecular weight excluding hydrogens is 390 g/mol. The Labute approximate surface area is 165 Å². The highest BCUT2D eigenvalue weighted by Gasteiger charge is 2.59. The molecule has 1 aliphatic heterocycles. The van der Waals surface area contributed by atoms with E-state index in [9.17, 15) is 17.6 Å². The van der Waals surface area contributed by atoms with Crippen LogP contribution in [0.2, 0.25) is 0 Å². The summed E-state index contributed by atoms with van der Waals surface area (Å²) in [5.41, 5.74) is 2.59. The molecular formula is C20H21F4N3O2. The topological polar surface area (TPSA) is 69.7 Å². The number of nitrogens with two attached hydrogens (primary N) is 1. The number of benzene rings is 1. The smallest absolute Gasteiger partial charge is 0.424 e. The second-order valence-corrected chi connectivity index (χ2v) is 7.21. The van der Waals surface area contributed by atoms with E-state index in [1.807, 2.05) is 18.2 Å². The Morgan fingerprint density at radius 2 is 1.86 bits per heavy atom. The molecule has 0 saturated carbocycles. The molecule has 3 rings (SSSR count). The van der Waals surface area contributed by atoms with Crippen LogP contribution in [0.4, 0.5) is 17.6 Å². The number of amidine groups is 1. The van der Waals surface area contributed by atoms with Crippen molar-refractivity contribution in [3.8, 4) is 5.75 Å². The lowest BCUT2D eigenvalue weighted by Crippen LogP contribution is -2.60. The molecule has 0 fully saturated rings. The molecule has 0 amide bonds. The zero-order chi connectivity index (χ0) is 21.4. The molecule has 0 bridgehead atoms. The molecule has 0 unspecified atom stereocenters. The maximum atomic E-state index is 14.6. The third-order valence-corrected chi connectivity index (χ3v) is 5.02. The molecule has 156 valence electrons. The van der Waals surface area contributed by atoms with E-state index in [1.54, 1.807) is 6.07 Å². The lowest BCUT2D eigenvalue weighted by Gasteiger charge is -2.40. The predicted molar refractivity (Wildman–Crippen MR) is 99.4 cm³/mol. The first-order chi connectivity index (χ1) is 13.5. The first-order valence-corrected chi connectivity index (χ1v) is 8.84. The number of ether oxygens (including phenoxy) is 2. The maximum absolute atomic E-state index is 14.6. The van der Waals surface area contributed by atoms with Crippen molar-refractivity contribution >= 4 is 5.84 Å². The number of aromatic nitrogens is 1. The number of hydrogen-bond donors (Lipinski definition) is 1. The molecule has 2 atom stereocenters. The monoisotopic (exact) mass is 411 g/mol. The minimum Gasteiger partial charge on any atom is -0.496 e. The van der Waals surface area contributed by atoms with Gasteiger partial charge in [0, 0.05) is 17.7 Å². The third-order valence-electron chi connectivity index (χ3n) is 5.02. The van der Waals surface area contributed by atoms with Crippen LogP contribution in [-0.4, -0.2) is 36.3 Å². The summed E-state index contributed by atoms with van der Waals surface area (Å²) in [4.78, 5) is 8.30. The number of nitrogens with zero attached hydrogens (tertiary/aromatic N) is 2. The first-order valence-electron chi connectivity index (χ1n) is 8.84. The predicted octanol–water partition coefficient (Wildman–Crippen LogP) is 3.74. The van der Waals surface area contributed by atoms with Crippen LogP contribution in [0.1, 0.15) is 30.8 Å². The number of alkyl halides is 3. The highest BCUT2D eigenvalue weighted by Crippen LogP contribution is 2.40. The van der Waals surface area contributed by atoms with Crippen molar-refractivity contribution < 1.29 is 27.0 Å². The van der Waals surface area contributed by atoms with Crippen molar-refractivity contribution in [2.75, 3.05) is 13.7 Å². The summed E-state index contributed by atoms with van der Waals surface area (Å²) in [7, 11) is 1.54. The molecule has 1 aliphatic rings. The molecule has 9 heteroatoms. The minimum absolute atomic E-state index is 0.128. The van der Waals surface area contributed by atoms with Gasteiger partial charge in [-0.2, -0.15) is 13.2 Å². The van der Waals surface area contributed by atoms with E-state index < -0.39 is 35.6 Å². The number of rotatable bonds is 4. The van der Waals surface area contributed by atoms with Gasteiger partial charge < -0.3 is 15.2 Å². The van der Waals surface area contributed by atoms with E-state index in [0.717, 1.165) is 12.5 Å². The van der Waals surface area contributed by atoms with E-state index in [2.05, 4.69) is 9.98 Å². The Morgan fingerprint density at radius 1 is 1.17 bits per heavy atom. The van der Waals surface area contributed by atoms with Crippen molar-refractivity contribution in [2.45, 2.75) is 37.6 Å². The summed E-state index contributed by atoms with van der Waals surface area (Å²) in [5, 5.41) is 0. The van der Waals surface area contributed by atoms with Crippen molar-refractivity contribution in [3.05, 3.63) is 59.2 Å². The van der Waals surface area contributed by atoms with Crippen LogP contribution in [0.5, 0.6) is 5.75 Å². The average Bonchev–Trinajstić information content (AvgIpc) is 2.66. The zero-order valence-electron chi connectivity index (χ0n) is 16.2. The Kier molecular flexibility index (Phi) is 5.29. The summed E-state index contributed by atoms with van der Waals surface area (Å²) < 4.78 is 64.8. The van der Waals surface area contributed by atoms with E-state index in [4.69, 9.17) is 15.2 Å². The van der Waals surface area contributed by atoms with Crippen LogP contribution in [0.15, 0.2) is 41.4 Å². The van der Waals surface area contributed by atoms with Gasteiger partial charge in [0.2, 0.25) is 5.60 Å². The van der Waals surface area contributed by atoms with Gasteiger partial charge in [-0.25, -0.2) is 4.39 Å². The van der Waals surface area contributed by atoms with Gasteiger partial charge in [0.1, 0.15) is 28.6 Å². The molecule has 5 nitrogen and oxygen atoms in total. The number of hydrogen-bond acceptors (Lipinski definition) is 5. The summed E-state index contributed by atoms with van der Waals surface area (Å²) in [6.07, 6.45) is -4.41. The fourth-order valence-electron chi connectivity index (χ4n) is 3.11. The summed E-state index contributed by atoms with van der Waals surface area (Å²) in [6.45, 7) is 1.72. The highest BCUT2D eigenvalue weighted by atomic mass is 19.4. The Morgan fingerprint density at radius 3 is 2.48 bits per heavy atom.